The molecule has 0 heterocycles. The first-order valence-corrected chi connectivity index (χ1v) is 1.61. The summed E-state index contributed by atoms with van der Waals surface area (Å²) in [5.41, 5.74) is -0.778. The van der Waals surface area contributed by atoms with Crippen LogP contribution < -0.4 is 0 Å². The normalized spacial score (nSPS) is 12.0. The van der Waals surface area contributed by atoms with E-state index in [0.717, 1.165) is 6.61 Å². The van der Waals surface area contributed by atoms with Gasteiger partial charge in [0.15, 0.2) is 0 Å². The van der Waals surface area contributed by atoms with Crippen LogP contribution in [0, 0.1) is 32.8 Å². The lowest BCUT2D eigenvalue weighted by molar-refractivity contribution is 0.323. The molecule has 0 unspecified atom stereocenters. The third kappa shape index (κ3) is 3.96. The zero-order valence-electron chi connectivity index (χ0n) is 3.65. The Bertz CT molecular complexity index is 33.7. The molecule has 0 aliphatic rings. The second-order valence-corrected chi connectivity index (χ2v) is 1.49. The summed E-state index contributed by atoms with van der Waals surface area (Å²) >= 11 is 0. The zero-order valence-corrected chi connectivity index (χ0v) is 3.65. The summed E-state index contributed by atoms with van der Waals surface area (Å²) in [4.78, 5) is 0. The van der Waals surface area contributed by atoms with Crippen molar-refractivity contribution in [3.05, 3.63) is 27.4 Å². The molecule has 4 radical (unpaired) electrons. The van der Waals surface area contributed by atoms with Crippen LogP contribution in [-0.2, 0) is 0 Å². The monoisotopic (exact) mass is 84.1 g/mol. The van der Waals surface area contributed by atoms with Crippen LogP contribution in [0.15, 0.2) is 0 Å². The minimum atomic E-state index is -0.778. The summed E-state index contributed by atoms with van der Waals surface area (Å²) in [6, 6.07) is 0. The van der Waals surface area contributed by atoms with E-state index >= 15 is 0 Å². The van der Waals surface area contributed by atoms with Gasteiger partial charge in [-0.15, -0.1) is 0 Å². The maximum Gasteiger partial charge on any atom is 0.0860 e. The summed E-state index contributed by atoms with van der Waals surface area (Å²) in [6.45, 7) is 10.9. The quantitative estimate of drug-likeness (QED) is 0.502. The Morgan fingerprint density at radius 1 is 1.33 bits per heavy atom. The fourth-order valence-electron chi connectivity index (χ4n) is 0. The summed E-state index contributed by atoms with van der Waals surface area (Å²) in [7, 11) is 0. The molecule has 0 atom stereocenters. The predicted octanol–water partition coefficient (Wildman–Crippen LogP) is 1.01. The van der Waals surface area contributed by atoms with Crippen LogP contribution in [0.25, 0.3) is 0 Å². The second-order valence-electron chi connectivity index (χ2n) is 1.49. The van der Waals surface area contributed by atoms with Crippen molar-refractivity contribution in [2.45, 2.75) is 0 Å². The van der Waals surface area contributed by atoms with Crippen LogP contribution in [0.4, 0.5) is 0 Å². The summed E-state index contributed by atoms with van der Waals surface area (Å²) in [5.74, 6) is 0. The van der Waals surface area contributed by atoms with Crippen molar-refractivity contribution in [2.24, 2.45) is 5.41 Å². The van der Waals surface area contributed by atoms with Gasteiger partial charge in [0, 0.05) is 0 Å². The minimum Gasteiger partial charge on any atom is -0.390 e. The molecule has 34 valence electrons. The van der Waals surface area contributed by atoms with Crippen LogP contribution in [0.3, 0.4) is 0 Å². The Kier molecular flexibility index (Phi) is 1.59. The maximum absolute atomic E-state index is 8.09. The molecule has 0 bridgehead atoms. The van der Waals surface area contributed by atoms with Gasteiger partial charge < -0.3 is 5.11 Å². The topological polar surface area (TPSA) is 20.2 Å². The molecule has 0 aromatic carbocycles. The number of hydrogen-bond acceptors (Lipinski definition) is 1. The van der Waals surface area contributed by atoms with E-state index in [0.29, 0.717) is 0 Å². The van der Waals surface area contributed by atoms with Crippen LogP contribution >= 0.6 is 0 Å². The zero-order chi connectivity index (χ0) is 5.21. The van der Waals surface area contributed by atoms with Gasteiger partial charge in [-0.3, -0.25) is 0 Å². The lowest BCUT2D eigenvalue weighted by Crippen LogP contribution is -2.05. The number of hydrogen-bond donors (Lipinski definition) is 1. The Balaban J connectivity index is 3.17. The first-order chi connectivity index (χ1) is 2.56. The highest BCUT2D eigenvalue weighted by Crippen LogP contribution is 2.11. The van der Waals surface area contributed by atoms with Crippen molar-refractivity contribution >= 4 is 0 Å². The van der Waals surface area contributed by atoms with Gasteiger partial charge in [0.05, 0.1) is 6.61 Å². The van der Waals surface area contributed by atoms with Gasteiger partial charge in [-0.2, -0.15) is 0 Å². The molecule has 1 heteroatoms. The van der Waals surface area contributed by atoms with E-state index in [1.165, 1.54) is 0 Å². The molecule has 0 aromatic rings. The molecule has 0 rings (SSSR count). The molecule has 6 heavy (non-hydrogen) atoms. The smallest absolute Gasteiger partial charge is 0.0860 e. The Hall–Kier alpha value is -0.0400. The largest absolute Gasteiger partial charge is 0.390 e. The summed E-state index contributed by atoms with van der Waals surface area (Å²) < 4.78 is 0. The van der Waals surface area contributed by atoms with E-state index in [1.807, 2.05) is 0 Å². The number of rotatable bonds is 1. The van der Waals surface area contributed by atoms with Crippen LogP contribution in [0.1, 0.15) is 0 Å². The first kappa shape index (κ1) is 5.96. The van der Waals surface area contributed by atoms with Crippen molar-refractivity contribution in [3.63, 3.8) is 0 Å². The first-order valence-electron chi connectivity index (χ1n) is 1.61. The lowest BCUT2D eigenvalue weighted by Gasteiger charge is -2.09. The van der Waals surface area contributed by atoms with Gasteiger partial charge in [-0.05, 0) is 26.2 Å². The fraction of sp³-hybridized carbons (Fsp3) is 0.200. The maximum atomic E-state index is 8.09. The van der Waals surface area contributed by atoms with Gasteiger partial charge in [-0.25, -0.2) is 0 Å². The van der Waals surface area contributed by atoms with Gasteiger partial charge in [0.2, 0.25) is 0 Å². The van der Waals surface area contributed by atoms with E-state index in [9.17, 15) is 0 Å². The molecular weight excluding hydrogens is 76.1 g/mol. The molecular formula is C5H8O. The molecule has 0 fully saturated rings. The van der Waals surface area contributed by atoms with Gasteiger partial charge in [0.25, 0.3) is 0 Å². The van der Waals surface area contributed by atoms with Crippen LogP contribution in [-0.4, -0.2) is 5.11 Å². The third-order valence-electron chi connectivity index (χ3n) is 0.274. The highest BCUT2D eigenvalue weighted by molar-refractivity contribution is 4.92. The van der Waals surface area contributed by atoms with Gasteiger partial charge in [0.1, 0.15) is 0 Å². The highest BCUT2D eigenvalue weighted by Gasteiger charge is 2.06. The van der Waals surface area contributed by atoms with E-state index in [-0.39, 0.29) is 0 Å². The lowest BCUT2D eigenvalue weighted by atomic mass is 9.99. The average molecular weight is 84.1 g/mol. The molecule has 0 aromatic heterocycles. The van der Waals surface area contributed by atoms with Gasteiger partial charge >= 0.3 is 0 Å². The van der Waals surface area contributed by atoms with E-state index in [2.05, 4.69) is 20.8 Å². The molecule has 0 amide bonds. The van der Waals surface area contributed by atoms with Crippen molar-refractivity contribution in [2.75, 3.05) is 0 Å². The third-order valence-corrected chi connectivity index (χ3v) is 0.274. The SMILES string of the molecule is [CH2]C([CH2])([CH2])[CH]O. The highest BCUT2D eigenvalue weighted by atomic mass is 16.3. The van der Waals surface area contributed by atoms with Gasteiger partial charge in [-0.1, -0.05) is 0 Å². The molecule has 0 aliphatic carbocycles. The average Bonchev–Trinajstić information content (AvgIpc) is 1.35. The fourth-order valence-corrected chi connectivity index (χ4v) is 0. The predicted molar refractivity (Wildman–Crippen MR) is 24.7 cm³/mol. The molecule has 0 saturated carbocycles. The molecule has 0 aliphatic heterocycles. The van der Waals surface area contributed by atoms with E-state index in [1.54, 1.807) is 0 Å². The van der Waals surface area contributed by atoms with Crippen molar-refractivity contribution in [1.29, 1.82) is 0 Å². The van der Waals surface area contributed by atoms with Crippen LogP contribution in [0.5, 0.6) is 0 Å². The molecule has 0 saturated heterocycles. The minimum absolute atomic E-state index is 0.778. The summed E-state index contributed by atoms with van der Waals surface area (Å²) in [6.07, 6.45) is 0. The molecule has 1 N–H and O–H groups in total. The van der Waals surface area contributed by atoms with Crippen molar-refractivity contribution in [3.8, 4) is 0 Å². The van der Waals surface area contributed by atoms with Crippen molar-refractivity contribution < 1.29 is 5.11 Å². The Labute approximate surface area is 39.0 Å². The summed E-state index contributed by atoms with van der Waals surface area (Å²) in [5, 5.41) is 8.09. The Morgan fingerprint density at radius 2 is 1.50 bits per heavy atom. The molecule has 1 nitrogen and oxygen atoms in total. The van der Waals surface area contributed by atoms with E-state index in [4.69, 9.17) is 5.11 Å². The van der Waals surface area contributed by atoms with Crippen LogP contribution in [0.2, 0.25) is 0 Å². The van der Waals surface area contributed by atoms with E-state index < -0.39 is 5.41 Å². The number of aliphatic hydroxyl groups is 1. The second kappa shape index (κ2) is 1.61. The number of aliphatic hydroxyl groups excluding tert-OH is 1. The van der Waals surface area contributed by atoms with Crippen molar-refractivity contribution in [1.82, 2.24) is 0 Å². The molecule has 0 spiro atoms. The Morgan fingerprint density at radius 3 is 1.50 bits per heavy atom. The standard InChI is InChI=1S/C5H8O/c1-5(2,3)4-6/h4,6H,1-3H2.